The topological polar surface area (TPSA) is 52.6 Å². The Labute approximate surface area is 108 Å². The summed E-state index contributed by atoms with van der Waals surface area (Å²) in [5.74, 6) is 1.87. The standard InChI is InChI=1S/C12H24N2O2S/c1-2-3-4-5-6-14(7-8-15)12(16)11-9-17-10-13-11/h11,13,15H,2-10H2,1H3. The highest BCUT2D eigenvalue weighted by Crippen LogP contribution is 2.12. The van der Waals surface area contributed by atoms with E-state index in [0.29, 0.717) is 6.54 Å². The first-order valence-corrected chi connectivity index (χ1v) is 7.65. The normalized spacial score (nSPS) is 19.5. The van der Waals surface area contributed by atoms with Gasteiger partial charge in [-0.05, 0) is 6.42 Å². The molecule has 1 heterocycles. The van der Waals surface area contributed by atoms with Crippen LogP contribution in [0.4, 0.5) is 0 Å². The van der Waals surface area contributed by atoms with Crippen molar-refractivity contribution in [2.24, 2.45) is 0 Å². The molecule has 100 valence electrons. The van der Waals surface area contributed by atoms with Gasteiger partial charge in [0, 0.05) is 24.7 Å². The summed E-state index contributed by atoms with van der Waals surface area (Å²) in [7, 11) is 0. The number of hydrogen-bond donors (Lipinski definition) is 2. The first kappa shape index (κ1) is 14.8. The molecule has 0 aromatic heterocycles. The van der Waals surface area contributed by atoms with Gasteiger partial charge in [0.2, 0.25) is 5.91 Å². The van der Waals surface area contributed by atoms with E-state index in [9.17, 15) is 4.79 Å². The van der Waals surface area contributed by atoms with Crippen molar-refractivity contribution in [1.82, 2.24) is 10.2 Å². The molecule has 1 amide bonds. The minimum Gasteiger partial charge on any atom is -0.395 e. The number of unbranched alkanes of at least 4 members (excludes halogenated alkanes) is 3. The molecule has 0 saturated carbocycles. The van der Waals surface area contributed by atoms with E-state index < -0.39 is 0 Å². The smallest absolute Gasteiger partial charge is 0.240 e. The van der Waals surface area contributed by atoms with Crippen LogP contribution in [-0.2, 0) is 4.79 Å². The van der Waals surface area contributed by atoms with Gasteiger partial charge in [0.05, 0.1) is 12.6 Å². The highest BCUT2D eigenvalue weighted by atomic mass is 32.2. The van der Waals surface area contributed by atoms with E-state index >= 15 is 0 Å². The number of aliphatic hydroxyl groups excluding tert-OH is 1. The fourth-order valence-electron chi connectivity index (χ4n) is 1.96. The van der Waals surface area contributed by atoms with Crippen molar-refractivity contribution in [3.05, 3.63) is 0 Å². The van der Waals surface area contributed by atoms with Crippen molar-refractivity contribution < 1.29 is 9.90 Å². The van der Waals surface area contributed by atoms with Gasteiger partial charge in [-0.2, -0.15) is 0 Å². The van der Waals surface area contributed by atoms with Gasteiger partial charge in [-0.15, -0.1) is 11.8 Å². The van der Waals surface area contributed by atoms with Crippen molar-refractivity contribution in [2.45, 2.75) is 38.6 Å². The molecular formula is C12H24N2O2S. The molecule has 17 heavy (non-hydrogen) atoms. The van der Waals surface area contributed by atoms with E-state index in [1.54, 1.807) is 16.7 Å². The van der Waals surface area contributed by atoms with E-state index in [1.807, 2.05) is 0 Å². The van der Waals surface area contributed by atoms with E-state index in [4.69, 9.17) is 5.11 Å². The van der Waals surface area contributed by atoms with E-state index in [0.717, 1.165) is 24.6 Å². The average molecular weight is 260 g/mol. The van der Waals surface area contributed by atoms with Crippen LogP contribution in [0.15, 0.2) is 0 Å². The summed E-state index contributed by atoms with van der Waals surface area (Å²) < 4.78 is 0. The molecule has 1 rings (SSSR count). The minimum atomic E-state index is -0.0438. The average Bonchev–Trinajstić information content (AvgIpc) is 2.86. The summed E-state index contributed by atoms with van der Waals surface area (Å²) in [6.07, 6.45) is 4.63. The molecule has 1 atom stereocenters. The number of hydrogen-bond acceptors (Lipinski definition) is 4. The molecule has 0 aliphatic carbocycles. The van der Waals surface area contributed by atoms with Crippen molar-refractivity contribution in [1.29, 1.82) is 0 Å². The Bertz CT molecular complexity index is 221. The minimum absolute atomic E-state index is 0.0438. The maximum absolute atomic E-state index is 12.1. The van der Waals surface area contributed by atoms with Gasteiger partial charge < -0.3 is 10.0 Å². The molecule has 1 saturated heterocycles. The SMILES string of the molecule is CCCCCCN(CCO)C(=O)C1CSCN1. The Hall–Kier alpha value is -0.260. The molecule has 0 radical (unpaired) electrons. The van der Waals surface area contributed by atoms with Gasteiger partial charge in [0.1, 0.15) is 0 Å². The number of carbonyl (C=O) groups excluding carboxylic acids is 1. The van der Waals surface area contributed by atoms with E-state index in [1.165, 1.54) is 19.3 Å². The van der Waals surface area contributed by atoms with Crippen LogP contribution in [-0.4, -0.2) is 53.3 Å². The Morgan fingerprint density at radius 2 is 2.24 bits per heavy atom. The third kappa shape index (κ3) is 5.27. The lowest BCUT2D eigenvalue weighted by atomic mass is 10.2. The second-order valence-corrected chi connectivity index (χ2v) is 5.41. The third-order valence-electron chi connectivity index (χ3n) is 2.98. The van der Waals surface area contributed by atoms with Crippen LogP contribution in [0.3, 0.4) is 0 Å². The molecule has 1 unspecified atom stereocenters. The quantitative estimate of drug-likeness (QED) is 0.641. The summed E-state index contributed by atoms with van der Waals surface area (Å²) >= 11 is 1.76. The maximum atomic E-state index is 12.1. The molecule has 0 bridgehead atoms. The van der Waals surface area contributed by atoms with Crippen LogP contribution < -0.4 is 5.32 Å². The van der Waals surface area contributed by atoms with Crippen molar-refractivity contribution >= 4 is 17.7 Å². The van der Waals surface area contributed by atoms with Crippen molar-refractivity contribution in [2.75, 3.05) is 31.3 Å². The predicted octanol–water partition coefficient (Wildman–Crippen LogP) is 1.05. The number of thioether (sulfide) groups is 1. The third-order valence-corrected chi connectivity index (χ3v) is 3.92. The maximum Gasteiger partial charge on any atom is 0.240 e. The van der Waals surface area contributed by atoms with Crippen molar-refractivity contribution in [3.63, 3.8) is 0 Å². The summed E-state index contributed by atoms with van der Waals surface area (Å²) in [5, 5.41) is 12.2. The summed E-state index contributed by atoms with van der Waals surface area (Å²) in [4.78, 5) is 13.9. The molecule has 1 aliphatic heterocycles. The fraction of sp³-hybridized carbons (Fsp3) is 0.917. The molecule has 5 heteroatoms. The van der Waals surface area contributed by atoms with Crippen LogP contribution in [0.25, 0.3) is 0 Å². The molecule has 2 N–H and O–H groups in total. The van der Waals surface area contributed by atoms with Gasteiger partial charge in [-0.1, -0.05) is 26.2 Å². The predicted molar refractivity (Wildman–Crippen MR) is 72.1 cm³/mol. The number of nitrogens with zero attached hydrogens (tertiary/aromatic N) is 1. The van der Waals surface area contributed by atoms with Crippen LogP contribution in [0.5, 0.6) is 0 Å². The van der Waals surface area contributed by atoms with Crippen LogP contribution in [0.2, 0.25) is 0 Å². The second kappa shape index (κ2) is 8.78. The number of amides is 1. The van der Waals surface area contributed by atoms with E-state index in [-0.39, 0.29) is 18.6 Å². The molecule has 1 aliphatic rings. The largest absolute Gasteiger partial charge is 0.395 e. The molecule has 4 nitrogen and oxygen atoms in total. The van der Waals surface area contributed by atoms with Gasteiger partial charge in [0.25, 0.3) is 0 Å². The number of rotatable bonds is 8. The van der Waals surface area contributed by atoms with Gasteiger partial charge >= 0.3 is 0 Å². The highest BCUT2D eigenvalue weighted by molar-refractivity contribution is 7.99. The molecule has 1 fully saturated rings. The summed E-state index contributed by atoms with van der Waals surface area (Å²) in [6.45, 7) is 3.48. The van der Waals surface area contributed by atoms with Gasteiger partial charge in [-0.25, -0.2) is 0 Å². The molecule has 0 aromatic carbocycles. The van der Waals surface area contributed by atoms with Crippen LogP contribution in [0.1, 0.15) is 32.6 Å². The molecular weight excluding hydrogens is 236 g/mol. The molecule has 0 spiro atoms. The number of aliphatic hydroxyl groups is 1. The lowest BCUT2D eigenvalue weighted by Gasteiger charge is -2.24. The first-order chi connectivity index (χ1) is 8.29. The lowest BCUT2D eigenvalue weighted by Crippen LogP contribution is -2.46. The Balaban J connectivity index is 2.32. The zero-order valence-electron chi connectivity index (χ0n) is 10.7. The fourth-order valence-corrected chi connectivity index (χ4v) is 2.89. The Morgan fingerprint density at radius 3 is 2.82 bits per heavy atom. The number of nitrogens with one attached hydrogen (secondary N) is 1. The van der Waals surface area contributed by atoms with Crippen molar-refractivity contribution in [3.8, 4) is 0 Å². The second-order valence-electron chi connectivity index (χ2n) is 4.38. The zero-order chi connectivity index (χ0) is 12.5. The highest BCUT2D eigenvalue weighted by Gasteiger charge is 2.26. The number of carbonyl (C=O) groups is 1. The summed E-state index contributed by atoms with van der Waals surface area (Å²) in [6, 6.07) is -0.0438. The summed E-state index contributed by atoms with van der Waals surface area (Å²) in [5.41, 5.74) is 0. The first-order valence-electron chi connectivity index (χ1n) is 6.50. The monoisotopic (exact) mass is 260 g/mol. The van der Waals surface area contributed by atoms with Crippen LogP contribution >= 0.6 is 11.8 Å². The zero-order valence-corrected chi connectivity index (χ0v) is 11.5. The van der Waals surface area contributed by atoms with Gasteiger partial charge in [-0.3, -0.25) is 10.1 Å². The Kier molecular flexibility index (Phi) is 7.64. The molecule has 0 aromatic rings. The van der Waals surface area contributed by atoms with Gasteiger partial charge in [0.15, 0.2) is 0 Å². The lowest BCUT2D eigenvalue weighted by molar-refractivity contribution is -0.133. The Morgan fingerprint density at radius 1 is 1.41 bits per heavy atom. The van der Waals surface area contributed by atoms with E-state index in [2.05, 4.69) is 12.2 Å². The van der Waals surface area contributed by atoms with Crippen LogP contribution in [0, 0.1) is 0 Å².